The number of sulfonamides is 1. The van der Waals surface area contributed by atoms with Gasteiger partial charge in [0.15, 0.2) is 0 Å². The minimum absolute atomic E-state index is 0.0138. The standard InChI is InChI=1S/C18H23Cl2F3N2O4S/c1-12(10-29-2)25(11-18(21,22)23)17(26)13-5-7-24(8-6-13)30(27,28)16-9-14(19)3-4-15(16)20/h3-4,9,12-13H,5-8,10-11H2,1-2H3. The third-order valence-electron chi connectivity index (χ3n) is 4.89. The van der Waals surface area contributed by atoms with Gasteiger partial charge >= 0.3 is 6.18 Å². The van der Waals surface area contributed by atoms with Crippen molar-refractivity contribution in [1.82, 2.24) is 9.21 Å². The quantitative estimate of drug-likeness (QED) is 0.582. The van der Waals surface area contributed by atoms with Crippen molar-refractivity contribution >= 4 is 39.1 Å². The Hall–Kier alpha value is -1.07. The maximum Gasteiger partial charge on any atom is 0.406 e. The first kappa shape index (κ1) is 25.2. The Kier molecular flexibility index (Phi) is 8.43. The first-order chi connectivity index (χ1) is 13.9. The molecular formula is C18H23Cl2F3N2O4S. The molecule has 1 aromatic rings. The largest absolute Gasteiger partial charge is 0.406 e. The molecule has 0 bridgehead atoms. The predicted molar refractivity (Wildman–Crippen MR) is 107 cm³/mol. The normalized spacial score (nSPS) is 17.7. The summed E-state index contributed by atoms with van der Waals surface area (Å²) in [7, 11) is -2.60. The van der Waals surface area contributed by atoms with Crippen LogP contribution in [-0.4, -0.2) is 69.1 Å². The molecule has 0 radical (unpaired) electrons. The zero-order chi connectivity index (χ0) is 22.7. The van der Waals surface area contributed by atoms with Crippen LogP contribution >= 0.6 is 23.2 Å². The van der Waals surface area contributed by atoms with E-state index in [0.29, 0.717) is 0 Å². The summed E-state index contributed by atoms with van der Waals surface area (Å²) in [6.45, 7) is 0.0311. The van der Waals surface area contributed by atoms with Gasteiger partial charge < -0.3 is 9.64 Å². The van der Waals surface area contributed by atoms with Crippen LogP contribution < -0.4 is 0 Å². The molecule has 0 aromatic heterocycles. The monoisotopic (exact) mass is 490 g/mol. The number of nitrogens with zero attached hydrogens (tertiary/aromatic N) is 2. The molecule has 30 heavy (non-hydrogen) atoms. The molecule has 1 fully saturated rings. The number of carbonyl (C=O) groups is 1. The molecule has 0 saturated carbocycles. The third kappa shape index (κ3) is 6.23. The summed E-state index contributed by atoms with van der Waals surface area (Å²) in [5, 5.41) is 0.223. The van der Waals surface area contributed by atoms with Gasteiger partial charge in [0.2, 0.25) is 15.9 Å². The smallest absolute Gasteiger partial charge is 0.383 e. The highest BCUT2D eigenvalue weighted by Gasteiger charge is 2.40. The van der Waals surface area contributed by atoms with Crippen molar-refractivity contribution in [2.45, 2.75) is 36.9 Å². The van der Waals surface area contributed by atoms with Gasteiger partial charge in [0, 0.05) is 31.1 Å². The van der Waals surface area contributed by atoms with Crippen LogP contribution in [0.5, 0.6) is 0 Å². The lowest BCUT2D eigenvalue weighted by Gasteiger charge is -2.36. The maximum atomic E-state index is 13.0. The molecule has 1 heterocycles. The van der Waals surface area contributed by atoms with Crippen molar-refractivity contribution in [2.24, 2.45) is 5.92 Å². The molecule has 0 N–H and O–H groups in total. The van der Waals surface area contributed by atoms with Gasteiger partial charge in [0.25, 0.3) is 0 Å². The topological polar surface area (TPSA) is 66.9 Å². The van der Waals surface area contributed by atoms with Crippen LogP contribution in [0.4, 0.5) is 13.2 Å². The number of methoxy groups -OCH3 is 1. The Morgan fingerprint density at radius 2 is 1.90 bits per heavy atom. The fourth-order valence-corrected chi connectivity index (χ4v) is 5.57. The number of rotatable bonds is 7. The second-order valence-electron chi connectivity index (χ2n) is 7.14. The van der Waals surface area contributed by atoms with E-state index in [2.05, 4.69) is 0 Å². The Labute approximate surface area is 183 Å². The van der Waals surface area contributed by atoms with Crippen LogP contribution in [0.2, 0.25) is 10.0 Å². The van der Waals surface area contributed by atoms with Crippen molar-refractivity contribution in [3.05, 3.63) is 28.2 Å². The molecule has 1 atom stereocenters. The number of hydrogen-bond acceptors (Lipinski definition) is 4. The van der Waals surface area contributed by atoms with Crippen LogP contribution in [0, 0.1) is 5.92 Å². The van der Waals surface area contributed by atoms with Gasteiger partial charge in [-0.1, -0.05) is 23.2 Å². The summed E-state index contributed by atoms with van der Waals surface area (Å²) in [5.74, 6) is -1.37. The van der Waals surface area contributed by atoms with E-state index in [-0.39, 0.29) is 47.5 Å². The molecule has 12 heteroatoms. The third-order valence-corrected chi connectivity index (χ3v) is 7.50. The molecule has 0 aliphatic carbocycles. The molecule has 1 amide bonds. The van der Waals surface area contributed by atoms with Crippen molar-refractivity contribution in [2.75, 3.05) is 33.4 Å². The van der Waals surface area contributed by atoms with E-state index in [1.165, 1.54) is 36.5 Å². The summed E-state index contributed by atoms with van der Waals surface area (Å²) in [6, 6.07) is 3.31. The molecule has 170 valence electrons. The fraction of sp³-hybridized carbons (Fsp3) is 0.611. The summed E-state index contributed by atoms with van der Waals surface area (Å²) in [4.78, 5) is 13.4. The molecule has 1 aliphatic heterocycles. The molecular weight excluding hydrogens is 468 g/mol. The number of piperidine rings is 1. The first-order valence-electron chi connectivity index (χ1n) is 9.18. The van der Waals surface area contributed by atoms with Crippen LogP contribution in [0.15, 0.2) is 23.1 Å². The number of alkyl halides is 3. The van der Waals surface area contributed by atoms with Gasteiger partial charge in [0.05, 0.1) is 17.7 Å². The molecule has 1 unspecified atom stereocenters. The molecule has 1 aromatic carbocycles. The highest BCUT2D eigenvalue weighted by atomic mass is 35.5. The summed E-state index contributed by atoms with van der Waals surface area (Å²) in [6.07, 6.45) is -4.35. The van der Waals surface area contributed by atoms with Crippen LogP contribution in [-0.2, 0) is 19.6 Å². The van der Waals surface area contributed by atoms with Gasteiger partial charge in [-0.25, -0.2) is 8.42 Å². The minimum atomic E-state index is -4.55. The summed E-state index contributed by atoms with van der Waals surface area (Å²) < 4.78 is 70.7. The molecule has 1 saturated heterocycles. The summed E-state index contributed by atoms with van der Waals surface area (Å²) in [5.41, 5.74) is 0. The number of hydrogen-bond donors (Lipinski definition) is 0. The van der Waals surface area contributed by atoms with Gasteiger partial charge in [-0.3, -0.25) is 4.79 Å². The average Bonchev–Trinajstić information content (AvgIpc) is 2.67. The van der Waals surface area contributed by atoms with Crippen molar-refractivity contribution < 1.29 is 31.1 Å². The Morgan fingerprint density at radius 3 is 2.43 bits per heavy atom. The van der Waals surface area contributed by atoms with E-state index < -0.39 is 40.6 Å². The Bertz CT molecular complexity index is 859. The van der Waals surface area contributed by atoms with Crippen LogP contribution in [0.25, 0.3) is 0 Å². The lowest BCUT2D eigenvalue weighted by atomic mass is 9.96. The first-order valence-corrected chi connectivity index (χ1v) is 11.4. The van der Waals surface area contributed by atoms with E-state index in [1.54, 1.807) is 0 Å². The molecule has 0 spiro atoms. The van der Waals surface area contributed by atoms with E-state index in [0.717, 1.165) is 4.90 Å². The number of halogens is 5. The van der Waals surface area contributed by atoms with Crippen molar-refractivity contribution in [3.8, 4) is 0 Å². The van der Waals surface area contributed by atoms with Crippen molar-refractivity contribution in [3.63, 3.8) is 0 Å². The zero-order valence-corrected chi connectivity index (χ0v) is 18.8. The highest BCUT2D eigenvalue weighted by molar-refractivity contribution is 7.89. The minimum Gasteiger partial charge on any atom is -0.383 e. The number of benzene rings is 1. The summed E-state index contributed by atoms with van der Waals surface area (Å²) >= 11 is 11.9. The SMILES string of the molecule is COCC(C)N(CC(F)(F)F)C(=O)C1CCN(S(=O)(=O)c2cc(Cl)ccc2Cl)CC1. The molecule has 6 nitrogen and oxygen atoms in total. The van der Waals surface area contributed by atoms with Crippen molar-refractivity contribution in [1.29, 1.82) is 0 Å². The number of amides is 1. The zero-order valence-electron chi connectivity index (χ0n) is 16.5. The second kappa shape index (κ2) is 10.0. The van der Waals surface area contributed by atoms with Gasteiger partial charge in [0.1, 0.15) is 11.4 Å². The Morgan fingerprint density at radius 1 is 1.30 bits per heavy atom. The van der Waals surface area contributed by atoms with E-state index in [9.17, 15) is 26.4 Å². The maximum absolute atomic E-state index is 13.0. The number of carbonyl (C=O) groups excluding carboxylic acids is 1. The van der Waals surface area contributed by atoms with Gasteiger partial charge in [-0.05, 0) is 38.0 Å². The fourth-order valence-electron chi connectivity index (χ4n) is 3.37. The van der Waals surface area contributed by atoms with Crippen LogP contribution in [0.1, 0.15) is 19.8 Å². The predicted octanol–water partition coefficient (Wildman–Crippen LogP) is 3.82. The van der Waals surface area contributed by atoms with Crippen LogP contribution in [0.3, 0.4) is 0 Å². The lowest BCUT2D eigenvalue weighted by molar-refractivity contribution is -0.170. The second-order valence-corrected chi connectivity index (χ2v) is 9.89. The number of ether oxygens (including phenoxy) is 1. The van der Waals surface area contributed by atoms with E-state index >= 15 is 0 Å². The lowest BCUT2D eigenvalue weighted by Crippen LogP contribution is -2.51. The average molecular weight is 491 g/mol. The van der Waals surface area contributed by atoms with Gasteiger partial charge in [-0.15, -0.1) is 0 Å². The van der Waals surface area contributed by atoms with E-state index in [4.69, 9.17) is 27.9 Å². The van der Waals surface area contributed by atoms with Gasteiger partial charge in [-0.2, -0.15) is 17.5 Å². The molecule has 2 rings (SSSR count). The molecule has 1 aliphatic rings. The Balaban J connectivity index is 2.12. The highest BCUT2D eigenvalue weighted by Crippen LogP contribution is 2.31. The van der Waals surface area contributed by atoms with E-state index in [1.807, 2.05) is 0 Å².